The maximum atomic E-state index is 11.2. The standard InChI is InChI=1S/C13H18N6O2/c1-4-7-18-13(12(19(20)21)9(2)17-18)15-8-11-5-6-14-10(3)16-11/h5-6,15H,4,7-8H2,1-3H3. The van der Waals surface area contributed by atoms with Gasteiger partial charge >= 0.3 is 5.69 Å². The molecule has 8 nitrogen and oxygen atoms in total. The molecule has 0 spiro atoms. The first-order valence-electron chi connectivity index (χ1n) is 6.77. The van der Waals surface area contributed by atoms with Crippen molar-refractivity contribution in [1.82, 2.24) is 19.7 Å². The van der Waals surface area contributed by atoms with Crippen LogP contribution >= 0.6 is 0 Å². The molecule has 0 bridgehead atoms. The Bertz CT molecular complexity index is 652. The summed E-state index contributed by atoms with van der Waals surface area (Å²) in [6.07, 6.45) is 2.52. The maximum Gasteiger partial charge on any atom is 0.333 e. The SMILES string of the molecule is CCCn1nc(C)c([N+](=O)[O-])c1NCc1ccnc(C)n1. The second-order valence-corrected chi connectivity index (χ2v) is 4.71. The van der Waals surface area contributed by atoms with Crippen LogP contribution in [0.3, 0.4) is 0 Å². The minimum atomic E-state index is -0.401. The van der Waals surface area contributed by atoms with Gasteiger partial charge in [-0.3, -0.25) is 10.1 Å². The van der Waals surface area contributed by atoms with Crippen molar-refractivity contribution in [2.24, 2.45) is 0 Å². The van der Waals surface area contributed by atoms with Gasteiger partial charge in [-0.2, -0.15) is 5.10 Å². The Kier molecular flexibility index (Phi) is 4.46. The number of nitrogens with zero attached hydrogens (tertiary/aromatic N) is 5. The number of hydrogen-bond acceptors (Lipinski definition) is 6. The molecule has 2 aromatic rings. The van der Waals surface area contributed by atoms with Crippen molar-refractivity contribution in [3.63, 3.8) is 0 Å². The Labute approximate surface area is 122 Å². The normalized spacial score (nSPS) is 10.6. The van der Waals surface area contributed by atoms with E-state index < -0.39 is 4.92 Å². The number of aryl methyl sites for hydroxylation is 3. The van der Waals surface area contributed by atoms with Crippen molar-refractivity contribution in [3.05, 3.63) is 39.6 Å². The Morgan fingerprint density at radius 3 is 2.81 bits per heavy atom. The number of anilines is 1. The first-order chi connectivity index (χ1) is 10.0. The lowest BCUT2D eigenvalue weighted by Gasteiger charge is -2.08. The molecule has 0 unspecified atom stereocenters. The molecule has 0 atom stereocenters. The summed E-state index contributed by atoms with van der Waals surface area (Å²) in [6, 6.07) is 1.78. The van der Waals surface area contributed by atoms with Crippen LogP contribution in [0.1, 0.15) is 30.6 Å². The van der Waals surface area contributed by atoms with Gasteiger partial charge in [0.05, 0.1) is 17.2 Å². The van der Waals surface area contributed by atoms with E-state index in [-0.39, 0.29) is 5.69 Å². The van der Waals surface area contributed by atoms with Gasteiger partial charge in [-0.05, 0) is 26.3 Å². The smallest absolute Gasteiger partial charge is 0.333 e. The monoisotopic (exact) mass is 290 g/mol. The molecular weight excluding hydrogens is 272 g/mol. The Hall–Kier alpha value is -2.51. The van der Waals surface area contributed by atoms with Crippen LogP contribution in [0.25, 0.3) is 0 Å². The van der Waals surface area contributed by atoms with E-state index in [0.29, 0.717) is 30.4 Å². The van der Waals surface area contributed by atoms with Gasteiger partial charge in [-0.1, -0.05) is 6.92 Å². The van der Waals surface area contributed by atoms with E-state index in [4.69, 9.17) is 0 Å². The summed E-state index contributed by atoms with van der Waals surface area (Å²) in [5.41, 5.74) is 1.21. The lowest BCUT2D eigenvalue weighted by atomic mass is 10.3. The summed E-state index contributed by atoms with van der Waals surface area (Å²) in [7, 11) is 0. The van der Waals surface area contributed by atoms with E-state index >= 15 is 0 Å². The van der Waals surface area contributed by atoms with Gasteiger partial charge < -0.3 is 5.32 Å². The van der Waals surface area contributed by atoms with Crippen LogP contribution in [0.15, 0.2) is 12.3 Å². The Morgan fingerprint density at radius 2 is 2.19 bits per heavy atom. The molecule has 8 heteroatoms. The van der Waals surface area contributed by atoms with Gasteiger partial charge in [-0.25, -0.2) is 14.6 Å². The highest BCUT2D eigenvalue weighted by Gasteiger charge is 2.24. The summed E-state index contributed by atoms with van der Waals surface area (Å²) < 4.78 is 1.64. The van der Waals surface area contributed by atoms with Gasteiger partial charge in [-0.15, -0.1) is 0 Å². The third-order valence-electron chi connectivity index (χ3n) is 2.98. The number of nitro groups is 1. The molecule has 2 aromatic heterocycles. The average molecular weight is 290 g/mol. The van der Waals surface area contributed by atoms with Gasteiger partial charge in [0.15, 0.2) is 0 Å². The molecule has 1 N–H and O–H groups in total. The summed E-state index contributed by atoms with van der Waals surface area (Å²) in [5.74, 6) is 1.10. The molecule has 2 heterocycles. The van der Waals surface area contributed by atoms with Crippen LogP contribution < -0.4 is 5.32 Å². The van der Waals surface area contributed by atoms with Gasteiger partial charge in [0.1, 0.15) is 11.5 Å². The van der Waals surface area contributed by atoms with Gasteiger partial charge in [0, 0.05) is 12.7 Å². The van der Waals surface area contributed by atoms with Crippen molar-refractivity contribution in [2.45, 2.75) is 40.3 Å². The maximum absolute atomic E-state index is 11.2. The fraction of sp³-hybridized carbons (Fsp3) is 0.462. The van der Waals surface area contributed by atoms with E-state index in [1.54, 1.807) is 30.8 Å². The predicted octanol–water partition coefficient (Wildman–Crippen LogP) is 2.22. The molecule has 0 aromatic carbocycles. The van der Waals surface area contributed by atoms with Crippen LogP contribution in [0.4, 0.5) is 11.5 Å². The first-order valence-corrected chi connectivity index (χ1v) is 6.77. The first kappa shape index (κ1) is 14.9. The van der Waals surface area contributed by atoms with Crippen LogP contribution in [0.2, 0.25) is 0 Å². The molecule has 0 aliphatic rings. The minimum Gasteiger partial charge on any atom is -0.359 e. The highest BCUT2D eigenvalue weighted by molar-refractivity contribution is 5.59. The third kappa shape index (κ3) is 3.33. The summed E-state index contributed by atoms with van der Waals surface area (Å²) in [4.78, 5) is 19.1. The molecule has 21 heavy (non-hydrogen) atoms. The van der Waals surface area contributed by atoms with Crippen LogP contribution in [-0.2, 0) is 13.1 Å². The largest absolute Gasteiger partial charge is 0.359 e. The lowest BCUT2D eigenvalue weighted by Crippen LogP contribution is -2.10. The summed E-state index contributed by atoms with van der Waals surface area (Å²) >= 11 is 0. The second-order valence-electron chi connectivity index (χ2n) is 4.71. The van der Waals surface area contributed by atoms with Gasteiger partial charge in [0.25, 0.3) is 0 Å². The van der Waals surface area contributed by atoms with E-state index in [1.807, 2.05) is 6.92 Å². The van der Waals surface area contributed by atoms with Crippen molar-refractivity contribution in [2.75, 3.05) is 5.32 Å². The fourth-order valence-corrected chi connectivity index (χ4v) is 2.12. The molecule has 0 amide bonds. The Morgan fingerprint density at radius 1 is 1.43 bits per heavy atom. The number of hydrogen-bond donors (Lipinski definition) is 1. The molecule has 0 saturated heterocycles. The molecule has 0 aliphatic carbocycles. The minimum absolute atomic E-state index is 0.0224. The third-order valence-corrected chi connectivity index (χ3v) is 2.98. The number of nitrogens with one attached hydrogen (secondary N) is 1. The summed E-state index contributed by atoms with van der Waals surface area (Å²) in [6.45, 7) is 6.46. The molecule has 0 radical (unpaired) electrons. The molecule has 112 valence electrons. The number of aromatic nitrogens is 4. The van der Waals surface area contributed by atoms with E-state index in [0.717, 1.165) is 12.1 Å². The van der Waals surface area contributed by atoms with E-state index in [2.05, 4.69) is 20.4 Å². The molecule has 0 fully saturated rings. The van der Waals surface area contributed by atoms with Crippen LogP contribution in [-0.4, -0.2) is 24.7 Å². The highest BCUT2D eigenvalue weighted by atomic mass is 16.6. The Balaban J connectivity index is 2.27. The van der Waals surface area contributed by atoms with Crippen LogP contribution in [0.5, 0.6) is 0 Å². The van der Waals surface area contributed by atoms with Crippen LogP contribution in [0, 0.1) is 24.0 Å². The zero-order valence-corrected chi connectivity index (χ0v) is 12.3. The van der Waals surface area contributed by atoms with Crippen molar-refractivity contribution < 1.29 is 4.92 Å². The number of rotatable bonds is 6. The van der Waals surface area contributed by atoms with E-state index in [1.165, 1.54) is 0 Å². The average Bonchev–Trinajstić information content (AvgIpc) is 2.73. The summed E-state index contributed by atoms with van der Waals surface area (Å²) in [5, 5.41) is 18.5. The lowest BCUT2D eigenvalue weighted by molar-refractivity contribution is -0.384. The topological polar surface area (TPSA) is 98.8 Å². The quantitative estimate of drug-likeness (QED) is 0.647. The predicted molar refractivity (Wildman–Crippen MR) is 78.0 cm³/mol. The fourth-order valence-electron chi connectivity index (χ4n) is 2.12. The second kappa shape index (κ2) is 6.29. The molecule has 2 rings (SSSR count). The highest BCUT2D eigenvalue weighted by Crippen LogP contribution is 2.28. The van der Waals surface area contributed by atoms with Crippen molar-refractivity contribution in [3.8, 4) is 0 Å². The van der Waals surface area contributed by atoms with Crippen molar-refractivity contribution >= 4 is 11.5 Å². The van der Waals surface area contributed by atoms with Gasteiger partial charge in [0.2, 0.25) is 5.82 Å². The molecular formula is C13H18N6O2. The van der Waals surface area contributed by atoms with E-state index in [9.17, 15) is 10.1 Å². The van der Waals surface area contributed by atoms with Crippen molar-refractivity contribution in [1.29, 1.82) is 0 Å². The zero-order valence-electron chi connectivity index (χ0n) is 12.3. The zero-order chi connectivity index (χ0) is 15.4. The molecule has 0 aliphatic heterocycles. The molecule has 0 saturated carbocycles.